The molecule has 1 fully saturated rings. The fraction of sp³-hybridized carbons (Fsp3) is 0.381. The lowest BCUT2D eigenvalue weighted by molar-refractivity contribution is -0.130. The van der Waals surface area contributed by atoms with Crippen molar-refractivity contribution in [1.82, 2.24) is 4.90 Å². The van der Waals surface area contributed by atoms with Gasteiger partial charge < -0.3 is 9.64 Å². The first-order chi connectivity index (χ1) is 11.8. The van der Waals surface area contributed by atoms with Crippen molar-refractivity contribution in [3.05, 3.63) is 65.7 Å². The predicted octanol–water partition coefficient (Wildman–Crippen LogP) is 4.03. The molecule has 0 spiro atoms. The van der Waals surface area contributed by atoms with Gasteiger partial charge in [-0.1, -0.05) is 48.9 Å². The van der Waals surface area contributed by atoms with Crippen LogP contribution in [0.5, 0.6) is 5.75 Å². The highest BCUT2D eigenvalue weighted by Crippen LogP contribution is 2.26. The van der Waals surface area contributed by atoms with Gasteiger partial charge in [0.15, 0.2) is 0 Å². The maximum absolute atomic E-state index is 12.7. The van der Waals surface area contributed by atoms with E-state index in [0.29, 0.717) is 12.3 Å². The van der Waals surface area contributed by atoms with Gasteiger partial charge in [0.2, 0.25) is 5.91 Å². The topological polar surface area (TPSA) is 29.5 Å². The standard InChI is InChI=1S/C21H25NO2/c1-24-20-12-10-17(11-13-20)15-21(23)22-14-6-5-9-19(16-22)18-7-3-2-4-8-18/h2-4,7-8,10-13,19H,5-6,9,14-16H2,1H3. The van der Waals surface area contributed by atoms with Gasteiger partial charge in [-0.3, -0.25) is 4.79 Å². The molecule has 3 heteroatoms. The lowest BCUT2D eigenvalue weighted by atomic mass is 9.94. The molecule has 0 aliphatic carbocycles. The van der Waals surface area contributed by atoms with Crippen molar-refractivity contribution in [2.75, 3.05) is 20.2 Å². The van der Waals surface area contributed by atoms with Crippen molar-refractivity contribution in [3.8, 4) is 5.75 Å². The summed E-state index contributed by atoms with van der Waals surface area (Å²) >= 11 is 0. The Kier molecular flexibility index (Phi) is 5.52. The van der Waals surface area contributed by atoms with Gasteiger partial charge in [-0.25, -0.2) is 0 Å². The Hall–Kier alpha value is -2.29. The molecule has 1 atom stereocenters. The summed E-state index contributed by atoms with van der Waals surface area (Å²) in [4.78, 5) is 14.8. The van der Waals surface area contributed by atoms with Crippen molar-refractivity contribution in [1.29, 1.82) is 0 Å². The molecule has 0 saturated carbocycles. The van der Waals surface area contributed by atoms with Crippen LogP contribution in [0, 0.1) is 0 Å². The zero-order valence-corrected chi connectivity index (χ0v) is 14.3. The molecule has 126 valence electrons. The molecule has 1 unspecified atom stereocenters. The first kappa shape index (κ1) is 16.6. The zero-order valence-electron chi connectivity index (χ0n) is 14.3. The van der Waals surface area contributed by atoms with Gasteiger partial charge in [-0.15, -0.1) is 0 Å². The van der Waals surface area contributed by atoms with E-state index in [1.807, 2.05) is 30.3 Å². The van der Waals surface area contributed by atoms with Crippen LogP contribution in [0.4, 0.5) is 0 Å². The molecule has 3 rings (SSSR count). The average Bonchev–Trinajstić information content (AvgIpc) is 2.89. The van der Waals surface area contributed by atoms with Gasteiger partial charge >= 0.3 is 0 Å². The molecule has 2 aromatic rings. The average molecular weight is 323 g/mol. The van der Waals surface area contributed by atoms with E-state index in [1.54, 1.807) is 7.11 Å². The summed E-state index contributed by atoms with van der Waals surface area (Å²) in [6.45, 7) is 1.71. The fourth-order valence-electron chi connectivity index (χ4n) is 3.40. The van der Waals surface area contributed by atoms with Gasteiger partial charge in [-0.05, 0) is 36.1 Å². The molecule has 1 amide bonds. The van der Waals surface area contributed by atoms with Crippen LogP contribution >= 0.6 is 0 Å². The van der Waals surface area contributed by atoms with E-state index in [9.17, 15) is 4.79 Å². The van der Waals surface area contributed by atoms with E-state index in [4.69, 9.17) is 4.74 Å². The summed E-state index contributed by atoms with van der Waals surface area (Å²) in [5.74, 6) is 1.50. The van der Waals surface area contributed by atoms with Crippen molar-refractivity contribution < 1.29 is 9.53 Å². The summed E-state index contributed by atoms with van der Waals surface area (Å²) in [7, 11) is 1.65. The number of rotatable bonds is 4. The Morgan fingerprint density at radius 2 is 1.83 bits per heavy atom. The predicted molar refractivity (Wildman–Crippen MR) is 96.3 cm³/mol. The minimum absolute atomic E-state index is 0.225. The number of methoxy groups -OCH3 is 1. The normalized spacial score (nSPS) is 18.0. The molecule has 0 radical (unpaired) electrons. The number of carbonyl (C=O) groups excluding carboxylic acids is 1. The molecule has 0 N–H and O–H groups in total. The molecular formula is C21H25NO2. The van der Waals surface area contributed by atoms with Crippen LogP contribution in [0.2, 0.25) is 0 Å². The maximum Gasteiger partial charge on any atom is 0.227 e. The largest absolute Gasteiger partial charge is 0.497 e. The third kappa shape index (κ3) is 4.16. The Balaban J connectivity index is 1.66. The van der Waals surface area contributed by atoms with E-state index in [-0.39, 0.29) is 5.91 Å². The van der Waals surface area contributed by atoms with E-state index in [2.05, 4.69) is 29.2 Å². The SMILES string of the molecule is COc1ccc(CC(=O)N2CCCCC(c3ccccc3)C2)cc1. The van der Waals surface area contributed by atoms with Crippen molar-refractivity contribution in [2.24, 2.45) is 0 Å². The molecule has 1 heterocycles. The second kappa shape index (κ2) is 8.00. The lowest BCUT2D eigenvalue weighted by Gasteiger charge is -2.25. The van der Waals surface area contributed by atoms with Crippen LogP contribution in [0.3, 0.4) is 0 Å². The van der Waals surface area contributed by atoms with E-state index >= 15 is 0 Å². The van der Waals surface area contributed by atoms with Crippen molar-refractivity contribution in [3.63, 3.8) is 0 Å². The quantitative estimate of drug-likeness (QED) is 0.850. The molecule has 1 aliphatic heterocycles. The summed E-state index contributed by atoms with van der Waals surface area (Å²) in [5.41, 5.74) is 2.39. The maximum atomic E-state index is 12.7. The van der Waals surface area contributed by atoms with E-state index < -0.39 is 0 Å². The number of nitrogens with zero attached hydrogens (tertiary/aromatic N) is 1. The molecule has 0 bridgehead atoms. The number of carbonyl (C=O) groups is 1. The first-order valence-corrected chi connectivity index (χ1v) is 8.72. The smallest absolute Gasteiger partial charge is 0.227 e. The molecule has 24 heavy (non-hydrogen) atoms. The molecule has 3 nitrogen and oxygen atoms in total. The minimum Gasteiger partial charge on any atom is -0.497 e. The van der Waals surface area contributed by atoms with Gasteiger partial charge in [0.25, 0.3) is 0 Å². The van der Waals surface area contributed by atoms with Gasteiger partial charge in [0, 0.05) is 19.0 Å². The highest BCUT2D eigenvalue weighted by Gasteiger charge is 2.23. The molecule has 0 aromatic heterocycles. The van der Waals surface area contributed by atoms with E-state index in [0.717, 1.165) is 37.2 Å². The van der Waals surface area contributed by atoms with Crippen LogP contribution in [0.1, 0.15) is 36.3 Å². The summed E-state index contributed by atoms with van der Waals surface area (Å²) in [5, 5.41) is 0. The molecular weight excluding hydrogens is 298 g/mol. The summed E-state index contributed by atoms with van der Waals surface area (Å²) < 4.78 is 5.17. The third-order valence-corrected chi connectivity index (χ3v) is 4.81. The first-order valence-electron chi connectivity index (χ1n) is 8.72. The third-order valence-electron chi connectivity index (χ3n) is 4.81. The van der Waals surface area contributed by atoms with Crippen molar-refractivity contribution >= 4 is 5.91 Å². The monoisotopic (exact) mass is 323 g/mol. The number of benzene rings is 2. The lowest BCUT2D eigenvalue weighted by Crippen LogP contribution is -2.35. The Labute approximate surface area is 144 Å². The highest BCUT2D eigenvalue weighted by atomic mass is 16.5. The Morgan fingerprint density at radius 1 is 1.08 bits per heavy atom. The van der Waals surface area contributed by atoms with Crippen LogP contribution in [-0.4, -0.2) is 31.0 Å². The Morgan fingerprint density at radius 3 is 2.54 bits per heavy atom. The van der Waals surface area contributed by atoms with Gasteiger partial charge in [0.05, 0.1) is 13.5 Å². The second-order valence-corrected chi connectivity index (χ2v) is 6.47. The van der Waals surface area contributed by atoms with Crippen LogP contribution < -0.4 is 4.74 Å². The number of amides is 1. The molecule has 2 aromatic carbocycles. The Bertz CT molecular complexity index is 651. The number of hydrogen-bond donors (Lipinski definition) is 0. The summed E-state index contributed by atoms with van der Waals surface area (Å²) in [6.07, 6.45) is 3.91. The molecule has 1 aliphatic rings. The second-order valence-electron chi connectivity index (χ2n) is 6.47. The fourth-order valence-corrected chi connectivity index (χ4v) is 3.40. The number of hydrogen-bond acceptors (Lipinski definition) is 2. The van der Waals surface area contributed by atoms with Crippen LogP contribution in [-0.2, 0) is 11.2 Å². The van der Waals surface area contributed by atoms with Crippen molar-refractivity contribution in [2.45, 2.75) is 31.6 Å². The van der Waals surface area contributed by atoms with Crippen LogP contribution in [0.25, 0.3) is 0 Å². The number of likely N-dealkylation sites (tertiary alicyclic amines) is 1. The molecule has 1 saturated heterocycles. The number of ether oxygens (including phenoxy) is 1. The highest BCUT2D eigenvalue weighted by molar-refractivity contribution is 5.79. The van der Waals surface area contributed by atoms with Gasteiger partial charge in [0.1, 0.15) is 5.75 Å². The van der Waals surface area contributed by atoms with E-state index in [1.165, 1.54) is 12.0 Å². The summed E-state index contributed by atoms with van der Waals surface area (Å²) in [6, 6.07) is 18.4. The van der Waals surface area contributed by atoms with Crippen LogP contribution in [0.15, 0.2) is 54.6 Å². The zero-order chi connectivity index (χ0) is 16.8. The minimum atomic E-state index is 0.225. The van der Waals surface area contributed by atoms with Gasteiger partial charge in [-0.2, -0.15) is 0 Å².